The molecule has 0 spiro atoms. The van der Waals surface area contributed by atoms with Crippen LogP contribution in [0.5, 0.6) is 0 Å². The molecule has 86 valence electrons. The zero-order valence-electron chi connectivity index (χ0n) is 9.30. The molecule has 0 aliphatic rings. The fraction of sp³-hybridized carbons (Fsp3) is 0.0769. The van der Waals surface area contributed by atoms with Crippen LogP contribution in [0.1, 0.15) is 5.56 Å². The van der Waals surface area contributed by atoms with Gasteiger partial charge in [-0.2, -0.15) is 0 Å². The predicted octanol–water partition coefficient (Wildman–Crippen LogP) is 3.46. The van der Waals surface area contributed by atoms with Crippen LogP contribution in [-0.2, 0) is 4.74 Å². The highest BCUT2D eigenvalue weighted by Gasteiger charge is 2.03. The monoisotopic (exact) mass is 246 g/mol. The number of nitrogens with zero attached hydrogens (tertiary/aromatic N) is 2. The summed E-state index contributed by atoms with van der Waals surface area (Å²) >= 11 is 5.83. The highest BCUT2D eigenvalue weighted by Crippen LogP contribution is 2.14. The minimum Gasteiger partial charge on any atom is -0.481 e. The second-order valence-electron chi connectivity index (χ2n) is 3.34. The van der Waals surface area contributed by atoms with Gasteiger partial charge >= 0.3 is 0 Å². The van der Waals surface area contributed by atoms with Gasteiger partial charge < -0.3 is 4.74 Å². The Balaban J connectivity index is 2.34. The minimum absolute atomic E-state index is 0.537. The number of pyridine rings is 1. The van der Waals surface area contributed by atoms with Crippen LogP contribution < -0.4 is 0 Å². The number of aliphatic imine (C=N–C) groups is 1. The summed E-state index contributed by atoms with van der Waals surface area (Å²) in [6.07, 6.45) is 3.38. The van der Waals surface area contributed by atoms with Crippen LogP contribution in [0.15, 0.2) is 53.8 Å². The van der Waals surface area contributed by atoms with Gasteiger partial charge in [-0.25, -0.2) is 4.99 Å². The van der Waals surface area contributed by atoms with E-state index in [9.17, 15) is 0 Å². The summed E-state index contributed by atoms with van der Waals surface area (Å²) in [4.78, 5) is 8.36. The van der Waals surface area contributed by atoms with Crippen LogP contribution in [0, 0.1) is 0 Å². The second-order valence-corrected chi connectivity index (χ2v) is 3.78. The summed E-state index contributed by atoms with van der Waals surface area (Å²) < 4.78 is 5.26. The van der Waals surface area contributed by atoms with E-state index in [2.05, 4.69) is 9.98 Å². The third-order valence-electron chi connectivity index (χ3n) is 2.16. The van der Waals surface area contributed by atoms with E-state index in [1.54, 1.807) is 31.6 Å². The van der Waals surface area contributed by atoms with Crippen molar-refractivity contribution in [2.45, 2.75) is 0 Å². The lowest BCUT2D eigenvalue weighted by Crippen LogP contribution is -2.02. The minimum atomic E-state index is 0.537. The quantitative estimate of drug-likeness (QED) is 0.601. The lowest BCUT2D eigenvalue weighted by molar-refractivity contribution is 0.405. The number of rotatable bonds is 2. The third-order valence-corrected chi connectivity index (χ3v) is 2.41. The molecule has 1 aromatic carbocycles. The number of benzene rings is 1. The van der Waals surface area contributed by atoms with E-state index in [1.807, 2.05) is 24.3 Å². The Morgan fingerprint density at radius 2 is 2.00 bits per heavy atom. The van der Waals surface area contributed by atoms with Crippen LogP contribution in [0.25, 0.3) is 0 Å². The van der Waals surface area contributed by atoms with Crippen molar-refractivity contribution in [1.82, 2.24) is 4.98 Å². The molecule has 0 amide bonds. The molecule has 0 saturated carbocycles. The summed E-state index contributed by atoms with van der Waals surface area (Å²) in [6.45, 7) is 0. The van der Waals surface area contributed by atoms with Gasteiger partial charge in [0.05, 0.1) is 19.0 Å². The lowest BCUT2D eigenvalue weighted by atomic mass is 10.2. The van der Waals surface area contributed by atoms with Gasteiger partial charge in [-0.05, 0) is 36.4 Å². The maximum Gasteiger partial charge on any atom is 0.221 e. The number of methoxy groups -OCH3 is 1. The fourth-order valence-corrected chi connectivity index (χ4v) is 1.48. The van der Waals surface area contributed by atoms with Gasteiger partial charge in [0.25, 0.3) is 0 Å². The topological polar surface area (TPSA) is 34.5 Å². The summed E-state index contributed by atoms with van der Waals surface area (Å²) in [5.41, 5.74) is 1.63. The van der Waals surface area contributed by atoms with E-state index in [0.717, 1.165) is 11.3 Å². The number of halogens is 1. The standard InChI is InChI=1S/C13H11ClN2O/c1-17-13(10-4-6-11(14)7-5-10)16-12-3-2-8-15-9-12/h2-9H,1H3. The summed E-state index contributed by atoms with van der Waals surface area (Å²) in [7, 11) is 1.59. The highest BCUT2D eigenvalue weighted by molar-refractivity contribution is 6.30. The predicted molar refractivity (Wildman–Crippen MR) is 68.9 cm³/mol. The van der Waals surface area contributed by atoms with Crippen LogP contribution in [-0.4, -0.2) is 18.0 Å². The smallest absolute Gasteiger partial charge is 0.221 e. The van der Waals surface area contributed by atoms with Crippen molar-refractivity contribution in [2.75, 3.05) is 7.11 Å². The van der Waals surface area contributed by atoms with E-state index in [0.29, 0.717) is 10.9 Å². The molecular weight excluding hydrogens is 236 g/mol. The third kappa shape index (κ3) is 3.04. The Morgan fingerprint density at radius 1 is 1.24 bits per heavy atom. The normalized spacial score (nSPS) is 11.3. The number of hydrogen-bond acceptors (Lipinski definition) is 3. The lowest BCUT2D eigenvalue weighted by Gasteiger charge is -2.05. The summed E-state index contributed by atoms with van der Waals surface area (Å²) in [6, 6.07) is 11.0. The first-order valence-corrected chi connectivity index (χ1v) is 5.46. The molecule has 4 heteroatoms. The molecule has 1 heterocycles. The van der Waals surface area contributed by atoms with Crippen molar-refractivity contribution in [2.24, 2.45) is 4.99 Å². The van der Waals surface area contributed by atoms with Gasteiger partial charge in [0.15, 0.2) is 0 Å². The molecule has 3 nitrogen and oxygen atoms in total. The van der Waals surface area contributed by atoms with Crippen LogP contribution in [0.4, 0.5) is 5.69 Å². The van der Waals surface area contributed by atoms with Gasteiger partial charge in [0.2, 0.25) is 5.90 Å². The van der Waals surface area contributed by atoms with E-state index < -0.39 is 0 Å². The molecule has 0 N–H and O–H groups in total. The molecule has 0 bridgehead atoms. The van der Waals surface area contributed by atoms with Crippen molar-refractivity contribution >= 4 is 23.2 Å². The highest BCUT2D eigenvalue weighted by atomic mass is 35.5. The van der Waals surface area contributed by atoms with Crippen molar-refractivity contribution in [3.63, 3.8) is 0 Å². The number of aromatic nitrogens is 1. The van der Waals surface area contributed by atoms with Gasteiger partial charge in [-0.1, -0.05) is 11.6 Å². The van der Waals surface area contributed by atoms with E-state index >= 15 is 0 Å². The first-order valence-electron chi connectivity index (χ1n) is 5.08. The molecule has 0 radical (unpaired) electrons. The fourth-order valence-electron chi connectivity index (χ4n) is 1.36. The van der Waals surface area contributed by atoms with Crippen LogP contribution >= 0.6 is 11.6 Å². The first-order chi connectivity index (χ1) is 8.29. The van der Waals surface area contributed by atoms with E-state index in [1.165, 1.54) is 0 Å². The van der Waals surface area contributed by atoms with E-state index in [-0.39, 0.29) is 0 Å². The molecular formula is C13H11ClN2O. The maximum atomic E-state index is 5.83. The molecule has 2 rings (SSSR count). The average molecular weight is 247 g/mol. The number of hydrogen-bond donors (Lipinski definition) is 0. The van der Waals surface area contributed by atoms with Gasteiger partial charge in [-0.3, -0.25) is 4.98 Å². The molecule has 0 aliphatic heterocycles. The SMILES string of the molecule is COC(=Nc1cccnc1)c1ccc(Cl)cc1. The van der Waals surface area contributed by atoms with Gasteiger partial charge in [-0.15, -0.1) is 0 Å². The second kappa shape index (κ2) is 5.46. The molecule has 0 fully saturated rings. The Morgan fingerprint density at radius 3 is 2.59 bits per heavy atom. The largest absolute Gasteiger partial charge is 0.481 e. The molecule has 17 heavy (non-hydrogen) atoms. The van der Waals surface area contributed by atoms with Gasteiger partial charge in [0.1, 0.15) is 0 Å². The molecule has 0 saturated heterocycles. The van der Waals surface area contributed by atoms with Gasteiger partial charge in [0, 0.05) is 16.8 Å². The summed E-state index contributed by atoms with van der Waals surface area (Å²) in [5, 5.41) is 0.686. The molecule has 0 atom stereocenters. The maximum absolute atomic E-state index is 5.83. The summed E-state index contributed by atoms with van der Waals surface area (Å²) in [5.74, 6) is 0.537. The number of ether oxygens (including phenoxy) is 1. The molecule has 1 aromatic heterocycles. The van der Waals surface area contributed by atoms with Crippen molar-refractivity contribution in [1.29, 1.82) is 0 Å². The molecule has 2 aromatic rings. The van der Waals surface area contributed by atoms with Crippen molar-refractivity contribution in [3.8, 4) is 0 Å². The first kappa shape index (κ1) is 11.6. The molecule has 0 aliphatic carbocycles. The Labute approximate surface area is 105 Å². The van der Waals surface area contributed by atoms with Crippen molar-refractivity contribution < 1.29 is 4.74 Å². The average Bonchev–Trinajstić information content (AvgIpc) is 2.38. The molecule has 0 unspecified atom stereocenters. The van der Waals surface area contributed by atoms with Crippen LogP contribution in [0.2, 0.25) is 5.02 Å². The van der Waals surface area contributed by atoms with E-state index in [4.69, 9.17) is 16.3 Å². The zero-order valence-corrected chi connectivity index (χ0v) is 10.1. The van der Waals surface area contributed by atoms with Crippen molar-refractivity contribution in [3.05, 3.63) is 59.4 Å². The Hall–Kier alpha value is -1.87. The Kier molecular flexibility index (Phi) is 3.73. The van der Waals surface area contributed by atoms with Crippen LogP contribution in [0.3, 0.4) is 0 Å². The Bertz CT molecular complexity index is 509. The zero-order chi connectivity index (χ0) is 12.1.